The SMILES string of the molecule is CC(=O)CCNC(=O)c1ccc2c(c1)C1(CCC(Oc3ncc(Cl)cc3Cl)CC1)C(=O)N2. The number of rotatable bonds is 6. The van der Waals surface area contributed by atoms with E-state index in [4.69, 9.17) is 27.9 Å². The summed E-state index contributed by atoms with van der Waals surface area (Å²) in [6.45, 7) is 1.77. The molecule has 1 fully saturated rings. The van der Waals surface area contributed by atoms with Crippen LogP contribution in [-0.4, -0.2) is 35.2 Å². The molecule has 0 radical (unpaired) electrons. The number of nitrogens with one attached hydrogen (secondary N) is 2. The number of hydrogen-bond donors (Lipinski definition) is 2. The van der Waals surface area contributed by atoms with Crippen molar-refractivity contribution in [1.29, 1.82) is 0 Å². The Balaban J connectivity index is 1.47. The monoisotopic (exact) mass is 475 g/mol. The molecule has 4 rings (SSSR count). The molecule has 32 heavy (non-hydrogen) atoms. The average molecular weight is 476 g/mol. The molecule has 168 valence electrons. The number of ketones is 1. The van der Waals surface area contributed by atoms with E-state index >= 15 is 0 Å². The fourth-order valence-corrected chi connectivity index (χ4v) is 4.78. The van der Waals surface area contributed by atoms with Crippen LogP contribution >= 0.6 is 23.2 Å². The first-order valence-electron chi connectivity index (χ1n) is 10.5. The van der Waals surface area contributed by atoms with E-state index in [1.54, 1.807) is 24.3 Å². The maximum Gasteiger partial charge on any atom is 0.251 e. The number of ether oxygens (including phenoxy) is 1. The van der Waals surface area contributed by atoms with E-state index < -0.39 is 5.41 Å². The van der Waals surface area contributed by atoms with E-state index in [2.05, 4.69) is 15.6 Å². The molecule has 1 aliphatic carbocycles. The minimum Gasteiger partial charge on any atom is -0.473 e. The number of anilines is 1. The van der Waals surface area contributed by atoms with Crippen molar-refractivity contribution in [2.75, 3.05) is 11.9 Å². The fourth-order valence-electron chi connectivity index (χ4n) is 4.35. The molecule has 2 aromatic rings. The van der Waals surface area contributed by atoms with Crippen LogP contribution in [0, 0.1) is 0 Å². The first kappa shape index (κ1) is 22.6. The summed E-state index contributed by atoms with van der Waals surface area (Å²) in [6, 6.07) is 6.82. The number of carbonyl (C=O) groups is 3. The van der Waals surface area contributed by atoms with Crippen molar-refractivity contribution in [3.05, 3.63) is 51.6 Å². The molecule has 2 N–H and O–H groups in total. The molecular weight excluding hydrogens is 453 g/mol. The van der Waals surface area contributed by atoms with Crippen LogP contribution < -0.4 is 15.4 Å². The summed E-state index contributed by atoms with van der Waals surface area (Å²) in [6.07, 6.45) is 4.09. The molecule has 0 bridgehead atoms. The van der Waals surface area contributed by atoms with Crippen molar-refractivity contribution in [3.63, 3.8) is 0 Å². The summed E-state index contributed by atoms with van der Waals surface area (Å²) in [5.74, 6) is 0.0339. The molecule has 9 heteroatoms. The molecule has 0 saturated heterocycles. The summed E-state index contributed by atoms with van der Waals surface area (Å²) in [7, 11) is 0. The van der Waals surface area contributed by atoms with E-state index in [0.29, 0.717) is 47.2 Å². The zero-order valence-corrected chi connectivity index (χ0v) is 19.1. The normalized spacial score (nSPS) is 21.7. The van der Waals surface area contributed by atoms with Crippen molar-refractivity contribution in [1.82, 2.24) is 10.3 Å². The lowest BCUT2D eigenvalue weighted by Crippen LogP contribution is -2.41. The molecule has 0 atom stereocenters. The van der Waals surface area contributed by atoms with Gasteiger partial charge < -0.3 is 15.4 Å². The van der Waals surface area contributed by atoms with Gasteiger partial charge in [0.25, 0.3) is 5.91 Å². The summed E-state index contributed by atoms with van der Waals surface area (Å²) in [5.41, 5.74) is 1.35. The average Bonchev–Trinajstić information content (AvgIpc) is 3.02. The minimum absolute atomic E-state index is 0.0158. The van der Waals surface area contributed by atoms with Crippen LogP contribution in [0.5, 0.6) is 5.88 Å². The Kier molecular flexibility index (Phi) is 6.40. The Bertz CT molecular complexity index is 1080. The van der Waals surface area contributed by atoms with Gasteiger partial charge in [0.1, 0.15) is 16.9 Å². The Morgan fingerprint density at radius 1 is 1.25 bits per heavy atom. The molecule has 2 aliphatic rings. The number of halogens is 2. The smallest absolute Gasteiger partial charge is 0.251 e. The van der Waals surface area contributed by atoms with Crippen molar-refractivity contribution in [3.8, 4) is 5.88 Å². The largest absolute Gasteiger partial charge is 0.473 e. The number of nitrogens with zero attached hydrogens (tertiary/aromatic N) is 1. The van der Waals surface area contributed by atoms with Crippen LogP contribution in [0.4, 0.5) is 5.69 Å². The van der Waals surface area contributed by atoms with Crippen molar-refractivity contribution in [2.24, 2.45) is 0 Å². The van der Waals surface area contributed by atoms with Crippen LogP contribution in [0.25, 0.3) is 0 Å². The molecule has 7 nitrogen and oxygen atoms in total. The Morgan fingerprint density at radius 3 is 2.69 bits per heavy atom. The van der Waals surface area contributed by atoms with Gasteiger partial charge in [-0.05, 0) is 62.4 Å². The quantitative estimate of drug-likeness (QED) is 0.648. The van der Waals surface area contributed by atoms with Crippen LogP contribution in [0.2, 0.25) is 10.0 Å². The van der Waals surface area contributed by atoms with E-state index in [0.717, 1.165) is 11.3 Å². The first-order valence-corrected chi connectivity index (χ1v) is 11.3. The number of Topliss-reactive ketones (excluding diaryl/α,β-unsaturated/α-hetero) is 1. The second-order valence-corrected chi connectivity index (χ2v) is 9.11. The summed E-state index contributed by atoms with van der Waals surface area (Å²) in [5, 5.41) is 6.50. The Morgan fingerprint density at radius 2 is 2.00 bits per heavy atom. The molecule has 1 aromatic carbocycles. The first-order chi connectivity index (χ1) is 15.3. The highest BCUT2D eigenvalue weighted by atomic mass is 35.5. The summed E-state index contributed by atoms with van der Waals surface area (Å²) in [4.78, 5) is 40.7. The van der Waals surface area contributed by atoms with Gasteiger partial charge in [-0.3, -0.25) is 14.4 Å². The lowest BCUT2D eigenvalue weighted by molar-refractivity contribution is -0.122. The second kappa shape index (κ2) is 9.08. The number of carbonyl (C=O) groups excluding carboxylic acids is 3. The lowest BCUT2D eigenvalue weighted by atomic mass is 9.69. The highest BCUT2D eigenvalue weighted by molar-refractivity contribution is 6.35. The molecule has 0 unspecified atom stereocenters. The van der Waals surface area contributed by atoms with Gasteiger partial charge in [0.2, 0.25) is 11.8 Å². The maximum atomic E-state index is 13.0. The molecule has 2 amide bonds. The number of pyridine rings is 1. The third kappa shape index (κ3) is 4.45. The third-order valence-corrected chi connectivity index (χ3v) is 6.56. The fraction of sp³-hybridized carbons (Fsp3) is 0.391. The number of benzene rings is 1. The van der Waals surface area contributed by atoms with Crippen LogP contribution in [0.3, 0.4) is 0 Å². The molecule has 1 aromatic heterocycles. The van der Waals surface area contributed by atoms with Gasteiger partial charge in [0, 0.05) is 30.4 Å². The lowest BCUT2D eigenvalue weighted by Gasteiger charge is -2.35. The van der Waals surface area contributed by atoms with E-state index in [1.807, 2.05) is 0 Å². The number of aromatic nitrogens is 1. The second-order valence-electron chi connectivity index (χ2n) is 8.26. The van der Waals surface area contributed by atoms with Gasteiger partial charge in [-0.2, -0.15) is 0 Å². The van der Waals surface area contributed by atoms with Gasteiger partial charge in [0.15, 0.2) is 0 Å². The van der Waals surface area contributed by atoms with Crippen molar-refractivity contribution in [2.45, 2.75) is 50.5 Å². The zero-order chi connectivity index (χ0) is 22.9. The van der Waals surface area contributed by atoms with Gasteiger partial charge in [-0.15, -0.1) is 0 Å². The van der Waals surface area contributed by atoms with Gasteiger partial charge in [-0.25, -0.2) is 4.98 Å². The van der Waals surface area contributed by atoms with Gasteiger partial charge >= 0.3 is 0 Å². The van der Waals surface area contributed by atoms with E-state index in [9.17, 15) is 14.4 Å². The highest BCUT2D eigenvalue weighted by Crippen LogP contribution is 2.48. The molecule has 1 aliphatic heterocycles. The van der Waals surface area contributed by atoms with Gasteiger partial charge in [0.05, 0.1) is 10.4 Å². The maximum absolute atomic E-state index is 13.0. The molecule has 2 heterocycles. The highest BCUT2D eigenvalue weighted by Gasteiger charge is 2.49. The van der Waals surface area contributed by atoms with Crippen LogP contribution in [0.15, 0.2) is 30.5 Å². The molecule has 1 spiro atoms. The van der Waals surface area contributed by atoms with Crippen LogP contribution in [-0.2, 0) is 15.0 Å². The number of hydrogen-bond acceptors (Lipinski definition) is 5. The zero-order valence-electron chi connectivity index (χ0n) is 17.5. The van der Waals surface area contributed by atoms with Crippen molar-refractivity contribution < 1.29 is 19.1 Å². The van der Waals surface area contributed by atoms with E-state index in [1.165, 1.54) is 13.1 Å². The summed E-state index contributed by atoms with van der Waals surface area (Å²) < 4.78 is 5.97. The van der Waals surface area contributed by atoms with Gasteiger partial charge in [-0.1, -0.05) is 23.2 Å². The Labute approximate surface area is 195 Å². The number of amides is 2. The Hall–Kier alpha value is -2.64. The predicted molar refractivity (Wildman–Crippen MR) is 122 cm³/mol. The van der Waals surface area contributed by atoms with E-state index in [-0.39, 0.29) is 36.7 Å². The van der Waals surface area contributed by atoms with Crippen LogP contribution in [0.1, 0.15) is 54.9 Å². The minimum atomic E-state index is -0.692. The third-order valence-electron chi connectivity index (χ3n) is 6.08. The molecule has 1 saturated carbocycles. The predicted octanol–water partition coefficient (Wildman–Crippen LogP) is 4.31. The number of fused-ring (bicyclic) bond motifs is 2. The van der Waals surface area contributed by atoms with Crippen molar-refractivity contribution >= 4 is 46.5 Å². The summed E-state index contributed by atoms with van der Waals surface area (Å²) >= 11 is 12.1. The standard InChI is InChI=1S/C23H23Cl2N3O4/c1-13(29)6-9-26-20(30)14-2-3-19-17(10-14)23(22(31)28-19)7-4-16(5-8-23)32-21-18(25)11-15(24)12-27-21/h2-3,10-12,16H,4-9H2,1H3,(H,26,30)(H,28,31). The molecular formula is C23H23Cl2N3O4. The topological polar surface area (TPSA) is 97.4 Å².